The van der Waals surface area contributed by atoms with E-state index in [1.165, 1.54) is 0 Å². The van der Waals surface area contributed by atoms with E-state index in [-0.39, 0.29) is 12.5 Å². The van der Waals surface area contributed by atoms with E-state index in [0.717, 1.165) is 17.7 Å². The van der Waals surface area contributed by atoms with Crippen LogP contribution in [0.1, 0.15) is 41.7 Å². The van der Waals surface area contributed by atoms with Crippen LogP contribution in [0.25, 0.3) is 11.4 Å². The van der Waals surface area contributed by atoms with E-state index >= 15 is 0 Å². The molecule has 26 heavy (non-hydrogen) atoms. The number of benzene rings is 1. The van der Waals surface area contributed by atoms with Crippen LogP contribution in [-0.4, -0.2) is 38.0 Å². The van der Waals surface area contributed by atoms with Crippen LogP contribution in [0.15, 0.2) is 34.9 Å². The first-order valence-corrected chi connectivity index (χ1v) is 8.63. The Labute approximate surface area is 152 Å². The van der Waals surface area contributed by atoms with Crippen LogP contribution >= 0.6 is 0 Å². The van der Waals surface area contributed by atoms with Gasteiger partial charge in [0.1, 0.15) is 11.5 Å². The lowest BCUT2D eigenvalue weighted by atomic mass is 10.1. The van der Waals surface area contributed by atoms with Gasteiger partial charge >= 0.3 is 0 Å². The number of carbonyl (C=O) groups is 1. The number of imidazole rings is 1. The number of aryl methyl sites for hydroxylation is 1. The molecule has 2 aromatic heterocycles. The third-order valence-corrected chi connectivity index (χ3v) is 3.95. The van der Waals surface area contributed by atoms with Crippen LogP contribution in [0.4, 0.5) is 0 Å². The first kappa shape index (κ1) is 17.8. The molecule has 0 unspecified atom stereocenters. The van der Waals surface area contributed by atoms with E-state index in [2.05, 4.69) is 34.0 Å². The standard InChI is InChI=1S/C19H23N5O2/c1-12(2)10-16-21-15(23-26-16)11-24(4)19(25)17-13(3)20-18(22-17)14-8-6-5-7-9-14/h5-9,12H,10-11H2,1-4H3,(H,20,22). The molecule has 0 aliphatic heterocycles. The summed E-state index contributed by atoms with van der Waals surface area (Å²) in [4.78, 5) is 26.3. The maximum Gasteiger partial charge on any atom is 0.274 e. The number of aromatic nitrogens is 4. The van der Waals surface area contributed by atoms with Gasteiger partial charge in [-0.05, 0) is 12.8 Å². The smallest absolute Gasteiger partial charge is 0.274 e. The Morgan fingerprint density at radius 3 is 2.65 bits per heavy atom. The molecule has 1 amide bonds. The van der Waals surface area contributed by atoms with Gasteiger partial charge in [0.15, 0.2) is 5.82 Å². The lowest BCUT2D eigenvalue weighted by molar-refractivity contribution is 0.0774. The molecule has 0 spiro atoms. The quantitative estimate of drug-likeness (QED) is 0.735. The number of H-pyrrole nitrogens is 1. The van der Waals surface area contributed by atoms with Crippen LogP contribution < -0.4 is 0 Å². The maximum absolute atomic E-state index is 12.8. The molecule has 7 nitrogen and oxygen atoms in total. The molecule has 0 atom stereocenters. The minimum absolute atomic E-state index is 0.184. The van der Waals surface area contributed by atoms with E-state index in [9.17, 15) is 4.79 Å². The first-order chi connectivity index (χ1) is 12.4. The normalized spacial score (nSPS) is 11.1. The van der Waals surface area contributed by atoms with Crippen LogP contribution in [0.2, 0.25) is 0 Å². The SMILES string of the molecule is Cc1[nH]c(-c2ccccc2)nc1C(=O)N(C)Cc1noc(CC(C)C)n1. The van der Waals surface area contributed by atoms with Gasteiger partial charge in [-0.1, -0.05) is 49.3 Å². The van der Waals surface area contributed by atoms with E-state index in [1.54, 1.807) is 11.9 Å². The lowest BCUT2D eigenvalue weighted by Gasteiger charge is -2.13. The van der Waals surface area contributed by atoms with Gasteiger partial charge in [-0.15, -0.1) is 0 Å². The lowest BCUT2D eigenvalue weighted by Crippen LogP contribution is -2.27. The molecule has 0 bridgehead atoms. The summed E-state index contributed by atoms with van der Waals surface area (Å²) in [6.45, 7) is 6.29. The van der Waals surface area contributed by atoms with Crippen molar-refractivity contribution in [1.29, 1.82) is 0 Å². The van der Waals surface area contributed by atoms with E-state index < -0.39 is 0 Å². The minimum Gasteiger partial charge on any atom is -0.341 e. The summed E-state index contributed by atoms with van der Waals surface area (Å²) in [6, 6.07) is 9.72. The third-order valence-electron chi connectivity index (χ3n) is 3.95. The van der Waals surface area contributed by atoms with E-state index in [1.807, 2.05) is 37.3 Å². The molecule has 136 valence electrons. The molecular weight excluding hydrogens is 330 g/mol. The zero-order chi connectivity index (χ0) is 18.7. The van der Waals surface area contributed by atoms with Crippen LogP contribution in [0.5, 0.6) is 0 Å². The van der Waals surface area contributed by atoms with Crippen molar-refractivity contribution in [1.82, 2.24) is 25.0 Å². The Morgan fingerprint density at radius 2 is 1.96 bits per heavy atom. The minimum atomic E-state index is -0.184. The Balaban J connectivity index is 1.72. The molecule has 1 aromatic carbocycles. The molecule has 1 N–H and O–H groups in total. The van der Waals surface area contributed by atoms with Gasteiger partial charge in [-0.3, -0.25) is 4.79 Å². The Hall–Kier alpha value is -2.96. The number of amides is 1. The molecule has 3 aromatic rings. The number of aromatic amines is 1. The summed E-state index contributed by atoms with van der Waals surface area (Å²) in [7, 11) is 1.71. The molecule has 3 rings (SSSR count). The molecule has 0 aliphatic rings. The fraction of sp³-hybridized carbons (Fsp3) is 0.368. The predicted octanol–water partition coefficient (Wildman–Crippen LogP) is 3.24. The van der Waals surface area contributed by atoms with Crippen molar-refractivity contribution >= 4 is 5.91 Å². The molecule has 0 saturated carbocycles. The molecule has 0 fully saturated rings. The number of carbonyl (C=O) groups excluding carboxylic acids is 1. The fourth-order valence-electron chi connectivity index (χ4n) is 2.65. The average molecular weight is 353 g/mol. The predicted molar refractivity (Wildman–Crippen MR) is 97.4 cm³/mol. The fourth-order valence-corrected chi connectivity index (χ4v) is 2.65. The van der Waals surface area contributed by atoms with Gasteiger partial charge in [0.2, 0.25) is 5.89 Å². The molecule has 0 saturated heterocycles. The Kier molecular flexibility index (Phi) is 5.16. The molecular formula is C19H23N5O2. The second-order valence-corrected chi connectivity index (χ2v) is 6.79. The summed E-state index contributed by atoms with van der Waals surface area (Å²) in [5, 5.41) is 3.95. The maximum atomic E-state index is 12.8. The Morgan fingerprint density at radius 1 is 1.23 bits per heavy atom. The highest BCUT2D eigenvalue weighted by Gasteiger charge is 2.21. The van der Waals surface area contributed by atoms with Gasteiger partial charge in [0, 0.05) is 24.7 Å². The van der Waals surface area contributed by atoms with Crippen LogP contribution in [-0.2, 0) is 13.0 Å². The highest BCUT2D eigenvalue weighted by molar-refractivity contribution is 5.93. The van der Waals surface area contributed by atoms with Crippen LogP contribution in [0, 0.1) is 12.8 Å². The van der Waals surface area contributed by atoms with Gasteiger partial charge in [0.25, 0.3) is 5.91 Å². The number of hydrogen-bond donors (Lipinski definition) is 1. The van der Waals surface area contributed by atoms with Crippen molar-refractivity contribution in [2.75, 3.05) is 7.05 Å². The van der Waals surface area contributed by atoms with Gasteiger partial charge in [-0.2, -0.15) is 4.98 Å². The third kappa shape index (κ3) is 3.99. The number of hydrogen-bond acceptors (Lipinski definition) is 5. The van der Waals surface area contributed by atoms with Gasteiger partial charge in [-0.25, -0.2) is 4.98 Å². The Bertz CT molecular complexity index is 882. The largest absolute Gasteiger partial charge is 0.341 e. The molecule has 0 radical (unpaired) electrons. The summed E-state index contributed by atoms with van der Waals surface area (Å²) in [6.07, 6.45) is 0.726. The number of nitrogens with one attached hydrogen (secondary N) is 1. The number of nitrogens with zero attached hydrogens (tertiary/aromatic N) is 4. The summed E-state index contributed by atoms with van der Waals surface area (Å²) < 4.78 is 5.23. The number of rotatable bonds is 6. The van der Waals surface area contributed by atoms with Gasteiger partial charge in [0.05, 0.1) is 6.54 Å². The molecule has 2 heterocycles. The zero-order valence-corrected chi connectivity index (χ0v) is 15.5. The van der Waals surface area contributed by atoms with E-state index in [0.29, 0.717) is 29.2 Å². The van der Waals surface area contributed by atoms with Crippen molar-refractivity contribution in [2.24, 2.45) is 5.92 Å². The summed E-state index contributed by atoms with van der Waals surface area (Å²) >= 11 is 0. The second kappa shape index (κ2) is 7.51. The average Bonchev–Trinajstić information content (AvgIpc) is 3.21. The van der Waals surface area contributed by atoms with Crippen molar-refractivity contribution in [3.05, 3.63) is 53.4 Å². The van der Waals surface area contributed by atoms with Crippen molar-refractivity contribution in [3.63, 3.8) is 0 Å². The van der Waals surface area contributed by atoms with Crippen molar-refractivity contribution in [2.45, 2.75) is 33.7 Å². The second-order valence-electron chi connectivity index (χ2n) is 6.79. The summed E-state index contributed by atoms with van der Waals surface area (Å²) in [5.74, 6) is 2.02. The monoisotopic (exact) mass is 353 g/mol. The van der Waals surface area contributed by atoms with E-state index in [4.69, 9.17) is 4.52 Å². The first-order valence-electron chi connectivity index (χ1n) is 8.63. The van der Waals surface area contributed by atoms with Crippen molar-refractivity contribution in [3.8, 4) is 11.4 Å². The van der Waals surface area contributed by atoms with Crippen molar-refractivity contribution < 1.29 is 9.32 Å². The topological polar surface area (TPSA) is 87.9 Å². The molecule has 7 heteroatoms. The summed E-state index contributed by atoms with van der Waals surface area (Å²) in [5.41, 5.74) is 2.07. The highest BCUT2D eigenvalue weighted by Crippen LogP contribution is 2.19. The zero-order valence-electron chi connectivity index (χ0n) is 15.5. The molecule has 0 aliphatic carbocycles. The van der Waals surface area contributed by atoms with Crippen LogP contribution in [0.3, 0.4) is 0 Å². The highest BCUT2D eigenvalue weighted by atomic mass is 16.5. The van der Waals surface area contributed by atoms with Gasteiger partial charge < -0.3 is 14.4 Å².